The second-order valence-electron chi connectivity index (χ2n) is 7.58. The summed E-state index contributed by atoms with van der Waals surface area (Å²) in [7, 11) is -0.280. The lowest BCUT2D eigenvalue weighted by atomic mass is 9.93. The molecule has 1 N–H and O–H groups in total. The molecule has 0 unspecified atom stereocenters. The highest BCUT2D eigenvalue weighted by Crippen LogP contribution is 2.32. The van der Waals surface area contributed by atoms with Crippen LogP contribution >= 0.6 is 0 Å². The summed E-state index contributed by atoms with van der Waals surface area (Å²) in [5, 5.41) is 3.01. The molecule has 0 heterocycles. The van der Waals surface area contributed by atoms with Crippen LogP contribution in [0.1, 0.15) is 59.8 Å². The Kier molecular flexibility index (Phi) is 6.95. The summed E-state index contributed by atoms with van der Waals surface area (Å²) >= 11 is 0. The van der Waals surface area contributed by atoms with Gasteiger partial charge in [-0.15, -0.1) is 0 Å². The van der Waals surface area contributed by atoms with E-state index < -0.39 is 10.0 Å². The van der Waals surface area contributed by atoms with Gasteiger partial charge in [0, 0.05) is 12.6 Å². The summed E-state index contributed by atoms with van der Waals surface area (Å²) < 4.78 is 30.2. The lowest BCUT2D eigenvalue weighted by Gasteiger charge is -2.21. The van der Waals surface area contributed by atoms with Crippen molar-refractivity contribution in [1.29, 1.82) is 0 Å². The summed E-state index contributed by atoms with van der Waals surface area (Å²) in [5.74, 6) is 0.870. The van der Waals surface area contributed by atoms with Gasteiger partial charge < -0.3 is 10.1 Å². The number of methoxy groups -OCH3 is 1. The molecule has 0 radical (unpaired) electrons. The minimum absolute atomic E-state index is 0.220. The van der Waals surface area contributed by atoms with Gasteiger partial charge in [-0.2, -0.15) is 0 Å². The molecule has 7 heteroatoms. The second kappa shape index (κ2) is 8.86. The van der Waals surface area contributed by atoms with Crippen LogP contribution in [0.2, 0.25) is 0 Å². The van der Waals surface area contributed by atoms with Gasteiger partial charge in [0.1, 0.15) is 5.75 Å². The van der Waals surface area contributed by atoms with Gasteiger partial charge in [0.25, 0.3) is 5.91 Å². The molecule has 6 nitrogen and oxygen atoms in total. The third-order valence-electron chi connectivity index (χ3n) is 5.02. The standard InChI is InChI=1S/C22H30N2O4S/c1-14(2)19-13-20(15(3)11-21(19)28-6)16(4)23-22(25)17-9-8-10-18(12-17)24(5)29(7,26)27/h8-14,16H,1-7H3,(H,23,25)/t16-/m1/s1. The highest BCUT2D eigenvalue weighted by Gasteiger charge is 2.19. The van der Waals surface area contributed by atoms with Crippen LogP contribution in [0, 0.1) is 6.92 Å². The topological polar surface area (TPSA) is 75.7 Å². The lowest BCUT2D eigenvalue weighted by molar-refractivity contribution is 0.0940. The van der Waals surface area contributed by atoms with E-state index in [1.165, 1.54) is 7.05 Å². The molecule has 0 spiro atoms. The van der Waals surface area contributed by atoms with Crippen molar-refractivity contribution in [3.8, 4) is 5.75 Å². The summed E-state index contributed by atoms with van der Waals surface area (Å²) in [6.45, 7) is 8.13. The molecule has 2 aromatic carbocycles. The summed E-state index contributed by atoms with van der Waals surface area (Å²) in [6, 6.07) is 10.4. The highest BCUT2D eigenvalue weighted by molar-refractivity contribution is 7.92. The number of carbonyl (C=O) groups is 1. The van der Waals surface area contributed by atoms with E-state index >= 15 is 0 Å². The summed E-state index contributed by atoms with van der Waals surface area (Å²) in [4.78, 5) is 12.8. The average molecular weight is 419 g/mol. The highest BCUT2D eigenvalue weighted by atomic mass is 32.2. The van der Waals surface area contributed by atoms with E-state index in [1.807, 2.05) is 19.9 Å². The van der Waals surface area contributed by atoms with Crippen LogP contribution in [0.25, 0.3) is 0 Å². The van der Waals surface area contributed by atoms with Gasteiger partial charge in [-0.3, -0.25) is 9.10 Å². The van der Waals surface area contributed by atoms with Gasteiger partial charge >= 0.3 is 0 Å². The van der Waals surface area contributed by atoms with E-state index in [0.717, 1.165) is 33.0 Å². The van der Waals surface area contributed by atoms with Crippen molar-refractivity contribution in [2.45, 2.75) is 39.7 Å². The van der Waals surface area contributed by atoms with E-state index in [4.69, 9.17) is 4.74 Å². The zero-order valence-electron chi connectivity index (χ0n) is 18.1. The van der Waals surface area contributed by atoms with Crippen molar-refractivity contribution >= 4 is 21.6 Å². The molecular weight excluding hydrogens is 388 g/mol. The van der Waals surface area contributed by atoms with E-state index in [0.29, 0.717) is 11.3 Å². The first-order valence-corrected chi connectivity index (χ1v) is 11.3. The van der Waals surface area contributed by atoms with Crippen molar-refractivity contribution in [2.24, 2.45) is 0 Å². The summed E-state index contributed by atoms with van der Waals surface area (Å²) in [5.41, 5.74) is 3.98. The number of anilines is 1. The number of benzene rings is 2. The van der Waals surface area contributed by atoms with Crippen molar-refractivity contribution in [3.63, 3.8) is 0 Å². The molecule has 2 aromatic rings. The zero-order valence-corrected chi connectivity index (χ0v) is 18.9. The lowest BCUT2D eigenvalue weighted by Crippen LogP contribution is -2.28. The maximum atomic E-state index is 12.8. The number of sulfonamides is 1. The van der Waals surface area contributed by atoms with Crippen LogP contribution in [-0.2, 0) is 10.0 Å². The Bertz CT molecular complexity index is 1000. The van der Waals surface area contributed by atoms with Crippen LogP contribution in [0.4, 0.5) is 5.69 Å². The number of rotatable bonds is 7. The minimum atomic E-state index is -3.40. The van der Waals surface area contributed by atoms with Gasteiger partial charge in [-0.05, 0) is 66.8 Å². The first kappa shape index (κ1) is 22.7. The number of nitrogens with one attached hydrogen (secondary N) is 1. The zero-order chi connectivity index (χ0) is 21.9. The predicted octanol–water partition coefficient (Wildman–Crippen LogP) is 4.01. The van der Waals surface area contributed by atoms with E-state index in [1.54, 1.807) is 31.4 Å². The number of aryl methyl sites for hydroxylation is 1. The molecule has 0 saturated carbocycles. The van der Waals surface area contributed by atoms with Gasteiger partial charge in [0.15, 0.2) is 0 Å². The van der Waals surface area contributed by atoms with Crippen LogP contribution in [0.15, 0.2) is 36.4 Å². The second-order valence-corrected chi connectivity index (χ2v) is 9.60. The first-order valence-electron chi connectivity index (χ1n) is 9.49. The number of carbonyl (C=O) groups excluding carboxylic acids is 1. The molecule has 158 valence electrons. The number of hydrogen-bond donors (Lipinski definition) is 1. The normalized spacial score (nSPS) is 12.6. The van der Waals surface area contributed by atoms with Crippen molar-refractivity contribution in [1.82, 2.24) is 5.32 Å². The molecule has 0 aliphatic rings. The average Bonchev–Trinajstić information content (AvgIpc) is 2.65. The number of ether oxygens (including phenoxy) is 1. The molecule has 0 fully saturated rings. The van der Waals surface area contributed by atoms with Gasteiger partial charge in [0.05, 0.1) is 25.1 Å². The van der Waals surface area contributed by atoms with E-state index in [2.05, 4.69) is 25.2 Å². The first-order chi connectivity index (χ1) is 13.5. The fraction of sp³-hybridized carbons (Fsp3) is 0.409. The Morgan fingerprint density at radius 2 is 1.76 bits per heavy atom. The van der Waals surface area contributed by atoms with Gasteiger partial charge in [0.2, 0.25) is 10.0 Å². The molecule has 1 amide bonds. The monoisotopic (exact) mass is 418 g/mol. The largest absolute Gasteiger partial charge is 0.496 e. The molecule has 0 bridgehead atoms. The molecule has 1 atom stereocenters. The number of hydrogen-bond acceptors (Lipinski definition) is 4. The number of nitrogens with zero attached hydrogens (tertiary/aromatic N) is 1. The Morgan fingerprint density at radius 1 is 1.10 bits per heavy atom. The van der Waals surface area contributed by atoms with Crippen molar-refractivity contribution in [3.05, 3.63) is 58.7 Å². The summed E-state index contributed by atoms with van der Waals surface area (Å²) in [6.07, 6.45) is 1.13. The molecule has 2 rings (SSSR count). The van der Waals surface area contributed by atoms with Crippen LogP contribution in [0.5, 0.6) is 5.75 Å². The maximum absolute atomic E-state index is 12.8. The van der Waals surface area contributed by atoms with E-state index in [9.17, 15) is 13.2 Å². The number of amides is 1. The molecule has 0 saturated heterocycles. The molecule has 0 aliphatic carbocycles. The molecular formula is C22H30N2O4S. The Balaban J connectivity index is 2.29. The van der Waals surface area contributed by atoms with Crippen LogP contribution in [0.3, 0.4) is 0 Å². The Labute approximate surface area is 173 Å². The Morgan fingerprint density at radius 3 is 2.31 bits per heavy atom. The van der Waals surface area contributed by atoms with Crippen molar-refractivity contribution < 1.29 is 17.9 Å². The van der Waals surface area contributed by atoms with Gasteiger partial charge in [-0.1, -0.05) is 19.9 Å². The minimum Gasteiger partial charge on any atom is -0.496 e. The molecule has 0 aromatic heterocycles. The maximum Gasteiger partial charge on any atom is 0.251 e. The fourth-order valence-corrected chi connectivity index (χ4v) is 3.70. The third-order valence-corrected chi connectivity index (χ3v) is 6.23. The quantitative estimate of drug-likeness (QED) is 0.737. The third kappa shape index (κ3) is 5.29. The molecule has 0 aliphatic heterocycles. The Hall–Kier alpha value is -2.54. The van der Waals surface area contributed by atoms with Gasteiger partial charge in [-0.25, -0.2) is 8.42 Å². The van der Waals surface area contributed by atoms with Crippen LogP contribution in [-0.4, -0.2) is 34.7 Å². The van der Waals surface area contributed by atoms with Crippen molar-refractivity contribution in [2.75, 3.05) is 24.7 Å². The van der Waals surface area contributed by atoms with E-state index in [-0.39, 0.29) is 17.9 Å². The molecule has 29 heavy (non-hydrogen) atoms. The predicted molar refractivity (Wildman–Crippen MR) is 117 cm³/mol. The fourth-order valence-electron chi connectivity index (χ4n) is 3.20. The smallest absolute Gasteiger partial charge is 0.251 e. The SMILES string of the molecule is COc1cc(C)c([C@@H](C)NC(=O)c2cccc(N(C)S(C)(=O)=O)c2)cc1C(C)C. The van der Waals surface area contributed by atoms with Crippen LogP contribution < -0.4 is 14.4 Å².